The SMILES string of the molecule is Cc1nonc1CO[C@H]1CCCNC1. The predicted molar refractivity (Wildman–Crippen MR) is 49.7 cm³/mol. The van der Waals surface area contributed by atoms with Crippen LogP contribution in [0.15, 0.2) is 4.63 Å². The Labute approximate surface area is 82.8 Å². The molecule has 14 heavy (non-hydrogen) atoms. The third-order valence-electron chi connectivity index (χ3n) is 2.45. The molecule has 0 unspecified atom stereocenters. The van der Waals surface area contributed by atoms with Gasteiger partial charge in [0.25, 0.3) is 0 Å². The molecule has 0 radical (unpaired) electrons. The van der Waals surface area contributed by atoms with E-state index in [1.807, 2.05) is 6.92 Å². The second-order valence-electron chi connectivity index (χ2n) is 3.58. The molecule has 2 heterocycles. The highest BCUT2D eigenvalue weighted by atomic mass is 16.6. The number of ether oxygens (including phenoxy) is 1. The molecule has 0 aliphatic carbocycles. The molecule has 0 bridgehead atoms. The number of hydrogen-bond acceptors (Lipinski definition) is 5. The van der Waals surface area contributed by atoms with Crippen LogP contribution in [0.5, 0.6) is 0 Å². The van der Waals surface area contributed by atoms with Crippen molar-refractivity contribution in [3.63, 3.8) is 0 Å². The van der Waals surface area contributed by atoms with Gasteiger partial charge in [-0.2, -0.15) is 0 Å². The van der Waals surface area contributed by atoms with Crippen molar-refractivity contribution in [2.75, 3.05) is 13.1 Å². The number of aromatic nitrogens is 2. The molecule has 2 rings (SSSR count). The maximum Gasteiger partial charge on any atom is 0.133 e. The van der Waals surface area contributed by atoms with Crippen LogP contribution in [-0.4, -0.2) is 29.5 Å². The predicted octanol–water partition coefficient (Wildman–Crippen LogP) is 0.647. The summed E-state index contributed by atoms with van der Waals surface area (Å²) in [5, 5.41) is 10.8. The average Bonchev–Trinajstić information content (AvgIpc) is 2.63. The highest BCUT2D eigenvalue weighted by Crippen LogP contribution is 2.10. The standard InChI is InChI=1S/C9H15N3O2/c1-7-9(12-14-11-7)6-13-8-3-2-4-10-5-8/h8,10H,2-6H2,1H3/t8-/m0/s1. The van der Waals surface area contributed by atoms with Gasteiger partial charge in [-0.1, -0.05) is 10.3 Å². The maximum absolute atomic E-state index is 5.68. The zero-order valence-corrected chi connectivity index (χ0v) is 8.32. The number of piperidine rings is 1. The summed E-state index contributed by atoms with van der Waals surface area (Å²) in [6.45, 7) is 4.41. The molecule has 5 nitrogen and oxygen atoms in total. The first-order valence-corrected chi connectivity index (χ1v) is 4.96. The molecular weight excluding hydrogens is 182 g/mol. The fraction of sp³-hybridized carbons (Fsp3) is 0.778. The highest BCUT2D eigenvalue weighted by molar-refractivity contribution is 5.02. The highest BCUT2D eigenvalue weighted by Gasteiger charge is 2.14. The molecule has 1 saturated heterocycles. The van der Waals surface area contributed by atoms with Crippen molar-refractivity contribution in [2.45, 2.75) is 32.5 Å². The van der Waals surface area contributed by atoms with E-state index in [1.165, 1.54) is 6.42 Å². The van der Waals surface area contributed by atoms with Crippen molar-refractivity contribution < 1.29 is 9.37 Å². The van der Waals surface area contributed by atoms with Crippen molar-refractivity contribution in [2.24, 2.45) is 0 Å². The number of aryl methyl sites for hydroxylation is 1. The van der Waals surface area contributed by atoms with Crippen LogP contribution in [0.2, 0.25) is 0 Å². The van der Waals surface area contributed by atoms with Gasteiger partial charge in [0.1, 0.15) is 11.4 Å². The Bertz CT molecular complexity index is 281. The zero-order chi connectivity index (χ0) is 9.80. The second kappa shape index (κ2) is 4.52. The summed E-state index contributed by atoms with van der Waals surface area (Å²) >= 11 is 0. The summed E-state index contributed by atoms with van der Waals surface area (Å²) in [5.74, 6) is 0. The molecule has 1 aliphatic heterocycles. The van der Waals surface area contributed by atoms with Crippen LogP contribution in [-0.2, 0) is 11.3 Å². The summed E-state index contributed by atoms with van der Waals surface area (Å²) in [7, 11) is 0. The zero-order valence-electron chi connectivity index (χ0n) is 8.32. The van der Waals surface area contributed by atoms with Crippen LogP contribution in [0.25, 0.3) is 0 Å². The van der Waals surface area contributed by atoms with E-state index in [0.717, 1.165) is 30.9 Å². The second-order valence-corrected chi connectivity index (χ2v) is 3.58. The quantitative estimate of drug-likeness (QED) is 0.770. The van der Waals surface area contributed by atoms with Gasteiger partial charge in [-0.05, 0) is 26.3 Å². The van der Waals surface area contributed by atoms with Crippen LogP contribution in [0.4, 0.5) is 0 Å². The average molecular weight is 197 g/mol. The molecule has 0 aromatic carbocycles. The van der Waals surface area contributed by atoms with Crippen LogP contribution in [0, 0.1) is 6.92 Å². The Morgan fingerprint density at radius 2 is 2.50 bits per heavy atom. The minimum Gasteiger partial charge on any atom is -0.370 e. The van der Waals surface area contributed by atoms with E-state index in [4.69, 9.17) is 4.74 Å². The van der Waals surface area contributed by atoms with Crippen molar-refractivity contribution in [1.29, 1.82) is 0 Å². The van der Waals surface area contributed by atoms with Crippen molar-refractivity contribution in [1.82, 2.24) is 15.6 Å². The summed E-state index contributed by atoms with van der Waals surface area (Å²) in [5.41, 5.74) is 1.62. The van der Waals surface area contributed by atoms with Gasteiger partial charge in [0, 0.05) is 6.54 Å². The van der Waals surface area contributed by atoms with E-state index in [9.17, 15) is 0 Å². The third-order valence-corrected chi connectivity index (χ3v) is 2.45. The summed E-state index contributed by atoms with van der Waals surface area (Å²) in [6.07, 6.45) is 2.61. The summed E-state index contributed by atoms with van der Waals surface area (Å²) < 4.78 is 10.3. The third kappa shape index (κ3) is 2.30. The number of rotatable bonds is 3. The Hall–Kier alpha value is -0.940. The van der Waals surface area contributed by atoms with Gasteiger partial charge in [-0.3, -0.25) is 0 Å². The van der Waals surface area contributed by atoms with Crippen LogP contribution in [0.1, 0.15) is 24.2 Å². The first-order chi connectivity index (χ1) is 6.86. The van der Waals surface area contributed by atoms with Gasteiger partial charge in [-0.25, -0.2) is 4.63 Å². The molecule has 1 fully saturated rings. The minimum absolute atomic E-state index is 0.305. The van der Waals surface area contributed by atoms with Gasteiger partial charge >= 0.3 is 0 Å². The van der Waals surface area contributed by atoms with Crippen LogP contribution < -0.4 is 5.32 Å². The Kier molecular flexibility index (Phi) is 3.10. The maximum atomic E-state index is 5.68. The first kappa shape index (κ1) is 9.61. The number of nitrogens with one attached hydrogen (secondary N) is 1. The van der Waals surface area contributed by atoms with Crippen molar-refractivity contribution in [3.8, 4) is 0 Å². The molecule has 0 amide bonds. The molecule has 78 valence electrons. The normalized spacial score (nSPS) is 22.5. The van der Waals surface area contributed by atoms with E-state index in [1.54, 1.807) is 0 Å². The van der Waals surface area contributed by atoms with Gasteiger partial charge in [0.2, 0.25) is 0 Å². The number of nitrogens with zero attached hydrogens (tertiary/aromatic N) is 2. The Morgan fingerprint density at radius 1 is 1.57 bits per heavy atom. The lowest BCUT2D eigenvalue weighted by Gasteiger charge is -2.22. The van der Waals surface area contributed by atoms with Gasteiger partial charge in [0.05, 0.1) is 12.7 Å². The lowest BCUT2D eigenvalue weighted by Crippen LogP contribution is -2.35. The number of hydrogen-bond donors (Lipinski definition) is 1. The summed E-state index contributed by atoms with van der Waals surface area (Å²) in [6, 6.07) is 0. The fourth-order valence-corrected chi connectivity index (χ4v) is 1.54. The van der Waals surface area contributed by atoms with E-state index in [-0.39, 0.29) is 0 Å². The topological polar surface area (TPSA) is 60.2 Å². The first-order valence-electron chi connectivity index (χ1n) is 4.96. The van der Waals surface area contributed by atoms with E-state index < -0.39 is 0 Å². The van der Waals surface area contributed by atoms with Gasteiger partial charge < -0.3 is 10.1 Å². The molecule has 1 aliphatic rings. The van der Waals surface area contributed by atoms with Crippen molar-refractivity contribution >= 4 is 0 Å². The molecule has 0 spiro atoms. The minimum atomic E-state index is 0.305. The molecule has 1 aromatic heterocycles. The smallest absolute Gasteiger partial charge is 0.133 e. The molecular formula is C9H15N3O2. The monoisotopic (exact) mass is 197 g/mol. The lowest BCUT2D eigenvalue weighted by atomic mass is 10.1. The van der Waals surface area contributed by atoms with E-state index in [0.29, 0.717) is 12.7 Å². The van der Waals surface area contributed by atoms with Gasteiger partial charge in [-0.15, -0.1) is 0 Å². The van der Waals surface area contributed by atoms with E-state index in [2.05, 4.69) is 20.3 Å². The van der Waals surface area contributed by atoms with Crippen LogP contribution >= 0.6 is 0 Å². The summed E-state index contributed by atoms with van der Waals surface area (Å²) in [4.78, 5) is 0. The van der Waals surface area contributed by atoms with E-state index >= 15 is 0 Å². The fourth-order valence-electron chi connectivity index (χ4n) is 1.54. The Balaban J connectivity index is 1.79. The largest absolute Gasteiger partial charge is 0.370 e. The van der Waals surface area contributed by atoms with Crippen LogP contribution in [0.3, 0.4) is 0 Å². The molecule has 0 saturated carbocycles. The van der Waals surface area contributed by atoms with Gasteiger partial charge in [0.15, 0.2) is 0 Å². The molecule has 1 atom stereocenters. The molecule has 1 N–H and O–H groups in total. The Morgan fingerprint density at radius 3 is 3.14 bits per heavy atom. The molecule has 1 aromatic rings. The lowest BCUT2D eigenvalue weighted by molar-refractivity contribution is 0.0222. The van der Waals surface area contributed by atoms with Crippen molar-refractivity contribution in [3.05, 3.63) is 11.4 Å². The molecule has 5 heteroatoms.